The van der Waals surface area contributed by atoms with Gasteiger partial charge in [0.15, 0.2) is 0 Å². The lowest BCUT2D eigenvalue weighted by Crippen LogP contribution is -2.38. The maximum atomic E-state index is 11.1. The highest BCUT2D eigenvalue weighted by Crippen LogP contribution is 2.16. The Labute approximate surface area is 141 Å². The van der Waals surface area contributed by atoms with Crippen molar-refractivity contribution in [3.8, 4) is 0 Å². The molecule has 1 saturated heterocycles. The average molecular weight is 343 g/mol. The number of aromatic nitrogens is 1. The molecule has 0 amide bonds. The number of aryl methyl sites for hydroxylation is 1. The molecule has 0 aliphatic carbocycles. The molecule has 128 valence electrons. The molecule has 1 fully saturated rings. The zero-order chi connectivity index (χ0) is 17.4. The zero-order valence-electron chi connectivity index (χ0n) is 13.9. The van der Waals surface area contributed by atoms with Gasteiger partial charge < -0.3 is 14.8 Å². The topological polar surface area (TPSA) is 77.5 Å². The molecule has 2 rings (SSSR count). The molecular formula is C16H23ClN2O4. The normalized spacial score (nSPS) is 20.0. The molecule has 2 unspecified atom stereocenters. The molecule has 2 atom stereocenters. The first-order valence-corrected chi connectivity index (χ1v) is 7.78. The number of esters is 2. The van der Waals surface area contributed by atoms with Crippen molar-refractivity contribution in [2.75, 3.05) is 20.8 Å². The Bertz CT molecular complexity index is 531. The monoisotopic (exact) mass is 342 g/mol. The molecule has 1 aromatic rings. The predicted octanol–water partition coefficient (Wildman–Crippen LogP) is 2.38. The fourth-order valence-electron chi connectivity index (χ4n) is 2.38. The number of hydrogen-bond acceptors (Lipinski definition) is 6. The third-order valence-electron chi connectivity index (χ3n) is 3.50. The largest absolute Gasteiger partial charge is 0.469 e. The maximum absolute atomic E-state index is 11.1. The van der Waals surface area contributed by atoms with Crippen molar-refractivity contribution >= 4 is 23.5 Å². The molecule has 1 aromatic heterocycles. The number of carbonyl (C=O) groups is 2. The van der Waals surface area contributed by atoms with E-state index < -0.39 is 5.97 Å². The Hall–Kier alpha value is -1.66. The third-order valence-corrected chi connectivity index (χ3v) is 3.70. The number of ether oxygens (including phenoxy) is 2. The fraction of sp³-hybridized carbons (Fsp3) is 0.562. The highest BCUT2D eigenvalue weighted by Gasteiger charge is 2.24. The van der Waals surface area contributed by atoms with Gasteiger partial charge in [-0.25, -0.2) is 9.78 Å². The Morgan fingerprint density at radius 3 is 2.52 bits per heavy atom. The molecule has 23 heavy (non-hydrogen) atoms. The van der Waals surface area contributed by atoms with Gasteiger partial charge in [-0.1, -0.05) is 11.6 Å². The minimum absolute atomic E-state index is 0.0571. The summed E-state index contributed by atoms with van der Waals surface area (Å²) in [4.78, 5) is 26.0. The lowest BCUT2D eigenvalue weighted by Gasteiger charge is -2.25. The lowest BCUT2D eigenvalue weighted by molar-refractivity contribution is -0.146. The van der Waals surface area contributed by atoms with Crippen LogP contribution in [0.15, 0.2) is 12.1 Å². The van der Waals surface area contributed by atoms with E-state index in [1.807, 2.05) is 0 Å². The molecule has 1 aliphatic rings. The van der Waals surface area contributed by atoms with Crippen molar-refractivity contribution in [2.24, 2.45) is 5.92 Å². The average Bonchev–Trinajstić information content (AvgIpc) is 2.53. The molecule has 1 N–H and O–H groups in total. The SMILES string of the molecule is COC(=O)C1CCNC(C)C1.COC(=O)c1cc(C)nc(Cl)c1. The van der Waals surface area contributed by atoms with E-state index in [9.17, 15) is 9.59 Å². The Morgan fingerprint density at radius 1 is 1.30 bits per heavy atom. The fourth-order valence-corrected chi connectivity index (χ4v) is 2.63. The maximum Gasteiger partial charge on any atom is 0.338 e. The Balaban J connectivity index is 0.000000231. The van der Waals surface area contributed by atoms with Crippen molar-refractivity contribution in [1.82, 2.24) is 10.3 Å². The molecule has 0 radical (unpaired) electrons. The summed E-state index contributed by atoms with van der Waals surface area (Å²) >= 11 is 5.63. The zero-order valence-corrected chi connectivity index (χ0v) is 14.6. The number of nitrogens with one attached hydrogen (secondary N) is 1. The quantitative estimate of drug-likeness (QED) is 0.656. The summed E-state index contributed by atoms with van der Waals surface area (Å²) in [6, 6.07) is 3.55. The van der Waals surface area contributed by atoms with Crippen molar-refractivity contribution in [3.63, 3.8) is 0 Å². The molecule has 0 saturated carbocycles. The van der Waals surface area contributed by atoms with Gasteiger partial charge in [0, 0.05) is 11.7 Å². The van der Waals surface area contributed by atoms with Gasteiger partial charge in [-0.15, -0.1) is 0 Å². The molecule has 0 spiro atoms. The Kier molecular flexibility index (Phi) is 7.98. The summed E-state index contributed by atoms with van der Waals surface area (Å²) < 4.78 is 9.19. The van der Waals surface area contributed by atoms with Crippen LogP contribution in [0.2, 0.25) is 5.15 Å². The van der Waals surface area contributed by atoms with E-state index in [1.54, 1.807) is 13.0 Å². The van der Waals surface area contributed by atoms with Crippen LogP contribution >= 0.6 is 11.6 Å². The number of halogens is 1. The van der Waals surface area contributed by atoms with Crippen LogP contribution in [0.5, 0.6) is 0 Å². The van der Waals surface area contributed by atoms with E-state index in [4.69, 9.17) is 11.6 Å². The number of methoxy groups -OCH3 is 2. The van der Waals surface area contributed by atoms with Crippen molar-refractivity contribution in [3.05, 3.63) is 28.5 Å². The van der Waals surface area contributed by atoms with Gasteiger partial charge in [-0.3, -0.25) is 4.79 Å². The van der Waals surface area contributed by atoms with Crippen LogP contribution in [0.3, 0.4) is 0 Å². The van der Waals surface area contributed by atoms with Crippen LogP contribution < -0.4 is 5.32 Å². The van der Waals surface area contributed by atoms with Crippen LogP contribution in [0.4, 0.5) is 0 Å². The van der Waals surface area contributed by atoms with Gasteiger partial charge in [-0.2, -0.15) is 0 Å². The van der Waals surface area contributed by atoms with E-state index in [0.29, 0.717) is 22.5 Å². The molecule has 0 aromatic carbocycles. The summed E-state index contributed by atoms with van der Waals surface area (Å²) in [5.41, 5.74) is 1.12. The highest BCUT2D eigenvalue weighted by molar-refractivity contribution is 6.29. The Morgan fingerprint density at radius 2 is 2.00 bits per heavy atom. The summed E-state index contributed by atoms with van der Waals surface area (Å²) in [6.07, 6.45) is 1.82. The van der Waals surface area contributed by atoms with Crippen molar-refractivity contribution < 1.29 is 19.1 Å². The second-order valence-electron chi connectivity index (χ2n) is 5.41. The second kappa shape index (κ2) is 9.47. The van der Waals surface area contributed by atoms with Crippen LogP contribution in [0.25, 0.3) is 0 Å². The third kappa shape index (κ3) is 6.54. The number of hydrogen-bond donors (Lipinski definition) is 1. The van der Waals surface area contributed by atoms with Gasteiger partial charge >= 0.3 is 11.9 Å². The molecule has 0 bridgehead atoms. The first kappa shape index (κ1) is 19.4. The van der Waals surface area contributed by atoms with E-state index in [2.05, 4.69) is 26.7 Å². The van der Waals surface area contributed by atoms with Crippen LogP contribution in [0, 0.1) is 12.8 Å². The van der Waals surface area contributed by atoms with Crippen molar-refractivity contribution in [2.45, 2.75) is 32.7 Å². The minimum atomic E-state index is -0.401. The van der Waals surface area contributed by atoms with E-state index in [1.165, 1.54) is 20.3 Å². The summed E-state index contributed by atoms with van der Waals surface area (Å²) in [6.45, 7) is 4.79. The van der Waals surface area contributed by atoms with Gasteiger partial charge in [0.05, 0.1) is 25.7 Å². The number of rotatable bonds is 2. The first-order chi connectivity index (χ1) is 10.9. The van der Waals surface area contributed by atoms with Gasteiger partial charge in [0.1, 0.15) is 5.15 Å². The van der Waals surface area contributed by atoms with Crippen LogP contribution in [-0.2, 0) is 14.3 Å². The lowest BCUT2D eigenvalue weighted by atomic mass is 9.93. The van der Waals surface area contributed by atoms with Gasteiger partial charge in [-0.05, 0) is 45.4 Å². The molecule has 7 heteroatoms. The number of carbonyl (C=O) groups excluding carboxylic acids is 2. The molecule has 2 heterocycles. The van der Waals surface area contributed by atoms with Crippen LogP contribution in [-0.4, -0.2) is 43.7 Å². The standard InChI is InChI=1S/C8H8ClNO2.C8H15NO2/c1-5-3-6(8(11)12-2)4-7(9)10-5;1-6-5-7(3-4-9-6)8(10)11-2/h3-4H,1-2H3;6-7,9H,3-5H2,1-2H3. The summed E-state index contributed by atoms with van der Waals surface area (Å²) in [5.74, 6) is -0.336. The number of nitrogens with zero attached hydrogens (tertiary/aromatic N) is 1. The van der Waals surface area contributed by atoms with E-state index in [-0.39, 0.29) is 11.9 Å². The van der Waals surface area contributed by atoms with Crippen molar-refractivity contribution in [1.29, 1.82) is 0 Å². The second-order valence-corrected chi connectivity index (χ2v) is 5.80. The van der Waals surface area contributed by atoms with Crippen LogP contribution in [0.1, 0.15) is 35.8 Å². The molecular weight excluding hydrogens is 320 g/mol. The van der Waals surface area contributed by atoms with E-state index in [0.717, 1.165) is 19.4 Å². The first-order valence-electron chi connectivity index (χ1n) is 7.41. The predicted molar refractivity (Wildman–Crippen MR) is 87.5 cm³/mol. The highest BCUT2D eigenvalue weighted by atomic mass is 35.5. The minimum Gasteiger partial charge on any atom is -0.469 e. The van der Waals surface area contributed by atoms with E-state index >= 15 is 0 Å². The number of pyridine rings is 1. The van der Waals surface area contributed by atoms with Gasteiger partial charge in [0.25, 0.3) is 0 Å². The number of piperidine rings is 1. The smallest absolute Gasteiger partial charge is 0.338 e. The molecule has 6 nitrogen and oxygen atoms in total. The molecule has 1 aliphatic heterocycles. The summed E-state index contributed by atoms with van der Waals surface area (Å²) in [5, 5.41) is 3.58. The summed E-state index contributed by atoms with van der Waals surface area (Å²) in [7, 11) is 2.78. The van der Waals surface area contributed by atoms with Gasteiger partial charge in [0.2, 0.25) is 0 Å².